The molecule has 140 valence electrons. The highest BCUT2D eigenvalue weighted by molar-refractivity contribution is 6.10. The third-order valence-corrected chi connectivity index (χ3v) is 3.58. The summed E-state index contributed by atoms with van der Waals surface area (Å²) in [5.41, 5.74) is -1.46. The van der Waals surface area contributed by atoms with Crippen LogP contribution in [0.2, 0.25) is 0 Å². The maximum Gasteiger partial charge on any atom is 0.418 e. The SMILES string of the molecule is COc1cccc(/C=C(\C#N)C(=O)Nc2ccccc2C(F)(F)F)c1OC. The van der Waals surface area contributed by atoms with Crippen molar-refractivity contribution < 1.29 is 27.4 Å². The molecule has 27 heavy (non-hydrogen) atoms. The summed E-state index contributed by atoms with van der Waals surface area (Å²) in [5.74, 6) is -0.304. The van der Waals surface area contributed by atoms with Gasteiger partial charge in [0.2, 0.25) is 0 Å². The Hall–Kier alpha value is -3.47. The van der Waals surface area contributed by atoms with Crippen LogP contribution in [0.1, 0.15) is 11.1 Å². The summed E-state index contributed by atoms with van der Waals surface area (Å²) in [6.07, 6.45) is -3.43. The van der Waals surface area contributed by atoms with Crippen LogP contribution < -0.4 is 14.8 Å². The number of amides is 1. The summed E-state index contributed by atoms with van der Waals surface area (Å²) >= 11 is 0. The standard InChI is InChI=1S/C19H15F3N2O3/c1-26-16-9-5-6-12(17(16)27-2)10-13(11-23)18(25)24-15-8-4-3-7-14(15)19(20,21)22/h3-10H,1-2H3,(H,24,25)/b13-10+. The number of nitrogens with one attached hydrogen (secondary N) is 1. The van der Waals surface area contributed by atoms with Gasteiger partial charge in [0.25, 0.3) is 5.91 Å². The number of nitriles is 1. The molecule has 2 aromatic rings. The summed E-state index contributed by atoms with van der Waals surface area (Å²) in [7, 11) is 2.82. The molecule has 0 saturated heterocycles. The number of para-hydroxylation sites is 2. The molecule has 8 heteroatoms. The van der Waals surface area contributed by atoms with Crippen molar-refractivity contribution in [1.82, 2.24) is 0 Å². The Labute approximate surface area is 153 Å². The number of rotatable bonds is 5. The minimum atomic E-state index is -4.64. The molecule has 0 aromatic heterocycles. The normalized spacial score (nSPS) is 11.5. The van der Waals surface area contributed by atoms with Crippen LogP contribution in [-0.4, -0.2) is 20.1 Å². The second kappa shape index (κ2) is 8.27. The van der Waals surface area contributed by atoms with Crippen LogP contribution in [0.15, 0.2) is 48.0 Å². The van der Waals surface area contributed by atoms with Crippen LogP contribution in [0, 0.1) is 11.3 Å². The number of carbonyl (C=O) groups excluding carboxylic acids is 1. The maximum atomic E-state index is 13.0. The van der Waals surface area contributed by atoms with Crippen LogP contribution in [0.5, 0.6) is 11.5 Å². The fourth-order valence-electron chi connectivity index (χ4n) is 2.36. The van der Waals surface area contributed by atoms with E-state index in [4.69, 9.17) is 9.47 Å². The van der Waals surface area contributed by atoms with Crippen molar-refractivity contribution in [3.63, 3.8) is 0 Å². The Morgan fingerprint density at radius 1 is 1.11 bits per heavy atom. The first-order chi connectivity index (χ1) is 12.8. The van der Waals surface area contributed by atoms with Gasteiger partial charge in [-0.3, -0.25) is 4.79 Å². The van der Waals surface area contributed by atoms with Gasteiger partial charge in [-0.25, -0.2) is 0 Å². The second-order valence-corrected chi connectivity index (χ2v) is 5.25. The molecule has 0 bridgehead atoms. The molecule has 0 aliphatic carbocycles. The van der Waals surface area contributed by atoms with E-state index in [1.165, 1.54) is 32.4 Å². The highest BCUT2D eigenvalue weighted by atomic mass is 19.4. The van der Waals surface area contributed by atoms with E-state index in [-0.39, 0.29) is 5.75 Å². The lowest BCUT2D eigenvalue weighted by molar-refractivity contribution is -0.137. The van der Waals surface area contributed by atoms with E-state index >= 15 is 0 Å². The summed E-state index contributed by atoms with van der Waals surface area (Å²) < 4.78 is 49.5. The Morgan fingerprint density at radius 3 is 2.41 bits per heavy atom. The van der Waals surface area contributed by atoms with E-state index in [0.29, 0.717) is 11.3 Å². The second-order valence-electron chi connectivity index (χ2n) is 5.25. The molecule has 0 spiro atoms. The number of nitrogens with zero attached hydrogens (tertiary/aromatic N) is 1. The number of methoxy groups -OCH3 is 2. The van der Waals surface area contributed by atoms with Crippen LogP contribution in [0.4, 0.5) is 18.9 Å². The number of halogens is 3. The van der Waals surface area contributed by atoms with Crippen molar-refractivity contribution >= 4 is 17.7 Å². The molecule has 2 rings (SSSR count). The van der Waals surface area contributed by atoms with Gasteiger partial charge in [-0.1, -0.05) is 24.3 Å². The molecule has 0 saturated carbocycles. The van der Waals surface area contributed by atoms with Gasteiger partial charge in [-0.15, -0.1) is 0 Å². The zero-order chi connectivity index (χ0) is 20.0. The van der Waals surface area contributed by atoms with Crippen molar-refractivity contribution in [3.8, 4) is 17.6 Å². The largest absolute Gasteiger partial charge is 0.493 e. The molecule has 5 nitrogen and oxygen atoms in total. The van der Waals surface area contributed by atoms with Gasteiger partial charge in [-0.05, 0) is 24.3 Å². The predicted molar refractivity (Wildman–Crippen MR) is 93.2 cm³/mol. The number of ether oxygens (including phenoxy) is 2. The smallest absolute Gasteiger partial charge is 0.418 e. The highest BCUT2D eigenvalue weighted by Gasteiger charge is 2.33. The number of carbonyl (C=O) groups is 1. The van der Waals surface area contributed by atoms with Crippen molar-refractivity contribution in [1.29, 1.82) is 5.26 Å². The lowest BCUT2D eigenvalue weighted by atomic mass is 10.1. The first-order valence-corrected chi connectivity index (χ1v) is 7.62. The molecule has 0 heterocycles. The zero-order valence-corrected chi connectivity index (χ0v) is 14.4. The van der Waals surface area contributed by atoms with Crippen molar-refractivity contribution in [3.05, 3.63) is 59.2 Å². The summed E-state index contributed by atoms with van der Waals surface area (Å²) in [4.78, 5) is 12.3. The molecule has 1 N–H and O–H groups in total. The third-order valence-electron chi connectivity index (χ3n) is 3.58. The Bertz CT molecular complexity index is 915. The van der Waals surface area contributed by atoms with E-state index in [9.17, 15) is 23.2 Å². The average molecular weight is 376 g/mol. The molecule has 1 amide bonds. The number of benzene rings is 2. The number of hydrogen-bond donors (Lipinski definition) is 1. The third kappa shape index (κ3) is 4.58. The molecule has 0 atom stereocenters. The zero-order valence-electron chi connectivity index (χ0n) is 14.4. The molecule has 0 aliphatic heterocycles. The first-order valence-electron chi connectivity index (χ1n) is 7.62. The Balaban J connectivity index is 2.39. The minimum Gasteiger partial charge on any atom is -0.493 e. The minimum absolute atomic E-state index is 0.288. The van der Waals surface area contributed by atoms with Gasteiger partial charge in [0.05, 0.1) is 25.5 Å². The fraction of sp³-hybridized carbons (Fsp3) is 0.158. The summed E-state index contributed by atoms with van der Waals surface area (Å²) in [6.45, 7) is 0. The first kappa shape index (κ1) is 19.8. The molecule has 2 aromatic carbocycles. The van der Waals surface area contributed by atoms with E-state index in [1.54, 1.807) is 24.3 Å². The van der Waals surface area contributed by atoms with Crippen molar-refractivity contribution in [2.45, 2.75) is 6.18 Å². The molecule has 0 fully saturated rings. The lowest BCUT2D eigenvalue weighted by Crippen LogP contribution is -2.17. The number of hydrogen-bond acceptors (Lipinski definition) is 4. The van der Waals surface area contributed by atoms with Crippen LogP contribution in [0.3, 0.4) is 0 Å². The van der Waals surface area contributed by atoms with Gasteiger partial charge in [0.1, 0.15) is 11.6 Å². The molecule has 0 radical (unpaired) electrons. The highest BCUT2D eigenvalue weighted by Crippen LogP contribution is 2.35. The van der Waals surface area contributed by atoms with Gasteiger partial charge in [0, 0.05) is 5.56 Å². The van der Waals surface area contributed by atoms with Crippen LogP contribution in [-0.2, 0) is 11.0 Å². The van der Waals surface area contributed by atoms with E-state index in [0.717, 1.165) is 12.1 Å². The number of anilines is 1. The quantitative estimate of drug-likeness (QED) is 0.625. The summed E-state index contributed by atoms with van der Waals surface area (Å²) in [6, 6.07) is 11.0. The fourth-order valence-corrected chi connectivity index (χ4v) is 2.36. The van der Waals surface area contributed by atoms with Gasteiger partial charge in [-0.2, -0.15) is 18.4 Å². The van der Waals surface area contributed by atoms with E-state index in [1.807, 2.05) is 0 Å². The maximum absolute atomic E-state index is 13.0. The van der Waals surface area contributed by atoms with Crippen LogP contribution >= 0.6 is 0 Å². The lowest BCUT2D eigenvalue weighted by Gasteiger charge is -2.13. The van der Waals surface area contributed by atoms with Gasteiger partial charge >= 0.3 is 6.18 Å². The van der Waals surface area contributed by atoms with Crippen molar-refractivity contribution in [2.24, 2.45) is 0 Å². The van der Waals surface area contributed by atoms with E-state index < -0.39 is 28.9 Å². The Kier molecular flexibility index (Phi) is 6.08. The van der Waals surface area contributed by atoms with Crippen LogP contribution in [0.25, 0.3) is 6.08 Å². The topological polar surface area (TPSA) is 71.3 Å². The predicted octanol–water partition coefficient (Wildman–Crippen LogP) is 4.27. The summed E-state index contributed by atoms with van der Waals surface area (Å²) in [5, 5.41) is 11.4. The van der Waals surface area contributed by atoms with Gasteiger partial charge < -0.3 is 14.8 Å². The Morgan fingerprint density at radius 2 is 1.81 bits per heavy atom. The molecular weight excluding hydrogens is 361 g/mol. The van der Waals surface area contributed by atoms with Gasteiger partial charge in [0.15, 0.2) is 11.5 Å². The molecule has 0 aliphatic rings. The number of alkyl halides is 3. The van der Waals surface area contributed by atoms with E-state index in [2.05, 4.69) is 5.32 Å². The molecule has 0 unspecified atom stereocenters. The molecular formula is C19H15F3N2O3. The average Bonchev–Trinajstić information content (AvgIpc) is 2.65. The van der Waals surface area contributed by atoms with Crippen molar-refractivity contribution in [2.75, 3.05) is 19.5 Å². The monoisotopic (exact) mass is 376 g/mol.